The number of aryl methyl sites for hydroxylation is 1. The summed E-state index contributed by atoms with van der Waals surface area (Å²) in [5.74, 6) is 1.07. The Bertz CT molecular complexity index is 2000. The van der Waals surface area contributed by atoms with Crippen LogP contribution in [0.3, 0.4) is 0 Å². The van der Waals surface area contributed by atoms with Crippen molar-refractivity contribution in [2.24, 2.45) is 16.7 Å². The van der Waals surface area contributed by atoms with Crippen molar-refractivity contribution < 1.29 is 14.3 Å². The van der Waals surface area contributed by atoms with Gasteiger partial charge in [-0.1, -0.05) is 86.6 Å². The molecule has 3 aromatic rings. The van der Waals surface area contributed by atoms with Crippen LogP contribution in [0.25, 0.3) is 10.9 Å². The lowest BCUT2D eigenvalue weighted by molar-refractivity contribution is -0.122. The Hall–Kier alpha value is -3.71. The van der Waals surface area contributed by atoms with Crippen LogP contribution in [0.4, 0.5) is 5.69 Å². The predicted octanol–water partition coefficient (Wildman–Crippen LogP) is 8.99. The molecular weight excluding hydrogens is 733 g/mol. The minimum Gasteiger partial charge on any atom is -0.380 e. The number of piperidine rings is 1. The number of nitrogens with one attached hydrogen (secondary N) is 2. The van der Waals surface area contributed by atoms with Crippen molar-refractivity contribution in [3.63, 3.8) is 0 Å². The number of nitrogens with zero attached hydrogens (tertiary/aromatic N) is 4. The molecule has 9 heteroatoms. The van der Waals surface area contributed by atoms with E-state index in [0.29, 0.717) is 31.2 Å². The normalized spacial score (nSPS) is 20.6. The molecule has 0 bridgehead atoms. The molecule has 2 aliphatic heterocycles. The van der Waals surface area contributed by atoms with Crippen LogP contribution in [0.5, 0.6) is 0 Å². The molecule has 3 fully saturated rings. The second-order valence-corrected chi connectivity index (χ2v) is 20.2. The summed E-state index contributed by atoms with van der Waals surface area (Å²) in [4.78, 5) is 38.4. The number of ether oxygens (including phenoxy) is 1. The van der Waals surface area contributed by atoms with Crippen LogP contribution in [-0.4, -0.2) is 98.1 Å². The summed E-state index contributed by atoms with van der Waals surface area (Å²) in [5, 5.41) is 13.6. The van der Waals surface area contributed by atoms with E-state index in [1.165, 1.54) is 49.8 Å². The molecule has 1 aromatic heterocycles. The Morgan fingerprint density at radius 3 is 2.37 bits per heavy atom. The maximum absolute atomic E-state index is 14.1. The highest BCUT2D eigenvalue weighted by Gasteiger charge is 2.41. The van der Waals surface area contributed by atoms with Crippen molar-refractivity contribution in [1.82, 2.24) is 20.1 Å². The van der Waals surface area contributed by atoms with Gasteiger partial charge in [-0.15, -0.1) is 0 Å². The van der Waals surface area contributed by atoms with Crippen molar-refractivity contribution in [2.75, 3.05) is 70.5 Å². The molecule has 2 N–H and O–H groups in total. The second kappa shape index (κ2) is 18.1. The fourth-order valence-electron chi connectivity index (χ4n) is 10.7. The van der Waals surface area contributed by atoms with Crippen LogP contribution in [0, 0.1) is 28.1 Å². The van der Waals surface area contributed by atoms with Crippen molar-refractivity contribution >= 4 is 28.3 Å². The van der Waals surface area contributed by atoms with Gasteiger partial charge in [0.15, 0.2) is 5.78 Å². The molecule has 7 rings (SSSR count). The Morgan fingerprint density at radius 2 is 1.69 bits per heavy atom. The minimum absolute atomic E-state index is 0.0572. The van der Waals surface area contributed by atoms with Crippen molar-refractivity contribution in [3.05, 3.63) is 63.8 Å². The van der Waals surface area contributed by atoms with E-state index >= 15 is 0 Å². The number of rotatable bonds is 15. The molecule has 2 aliphatic carbocycles. The zero-order valence-corrected chi connectivity index (χ0v) is 37.4. The lowest BCUT2D eigenvalue weighted by atomic mass is 9.70. The molecule has 4 aliphatic rings. The highest BCUT2D eigenvalue weighted by Crippen LogP contribution is 2.46. The monoisotopic (exact) mass is 805 g/mol. The van der Waals surface area contributed by atoms with Gasteiger partial charge < -0.3 is 24.8 Å². The summed E-state index contributed by atoms with van der Waals surface area (Å²) >= 11 is 0. The Morgan fingerprint density at radius 1 is 0.966 bits per heavy atom. The van der Waals surface area contributed by atoms with Gasteiger partial charge >= 0.3 is 0 Å². The Labute approximate surface area is 354 Å². The molecule has 3 heterocycles. The summed E-state index contributed by atoms with van der Waals surface area (Å²) in [6.45, 7) is 24.8. The van der Waals surface area contributed by atoms with E-state index in [4.69, 9.17) is 4.74 Å². The first-order valence-electron chi connectivity index (χ1n) is 23.1. The largest absolute Gasteiger partial charge is 0.380 e. The zero-order valence-electron chi connectivity index (χ0n) is 37.4. The number of H-pyrrole nitrogens is 1. The maximum atomic E-state index is 14.1. The molecule has 2 saturated heterocycles. The number of hydrogen-bond acceptors (Lipinski definition) is 7. The quantitative estimate of drug-likeness (QED) is 0.158. The SMILES string of the molecule is CCc1cc2c(cc1N1CCC(N3CCN(CCC(=O)NCC(C)(CC)COCC(C)(C)CC4CCCCC4)CC3)CC1)C(C)(C)c1[nH]c3cc(C#N)ccc3c1C2=O. The van der Waals surface area contributed by atoms with E-state index in [-0.39, 0.29) is 27.9 Å². The van der Waals surface area contributed by atoms with Crippen LogP contribution in [0.2, 0.25) is 0 Å². The van der Waals surface area contributed by atoms with E-state index < -0.39 is 0 Å². The third-order valence-electron chi connectivity index (χ3n) is 14.8. The number of anilines is 1. The molecular formula is C50H72N6O3. The second-order valence-electron chi connectivity index (χ2n) is 20.2. The molecule has 59 heavy (non-hydrogen) atoms. The number of nitriles is 1. The van der Waals surface area contributed by atoms with Crippen molar-refractivity contribution in [3.8, 4) is 6.07 Å². The number of hydrogen-bond donors (Lipinski definition) is 2. The molecule has 2 aromatic carbocycles. The first kappa shape index (κ1) is 43.4. The van der Waals surface area contributed by atoms with Crippen LogP contribution < -0.4 is 10.2 Å². The number of aromatic nitrogens is 1. The van der Waals surface area contributed by atoms with Gasteiger partial charge in [-0.3, -0.25) is 14.5 Å². The molecule has 9 nitrogen and oxygen atoms in total. The van der Waals surface area contributed by atoms with E-state index in [1.807, 2.05) is 12.1 Å². The van der Waals surface area contributed by atoms with Crippen LogP contribution >= 0.6 is 0 Å². The van der Waals surface area contributed by atoms with Gasteiger partial charge in [-0.05, 0) is 78.8 Å². The van der Waals surface area contributed by atoms with Gasteiger partial charge in [-0.25, -0.2) is 0 Å². The van der Waals surface area contributed by atoms with Gasteiger partial charge in [-0.2, -0.15) is 5.26 Å². The van der Waals surface area contributed by atoms with Gasteiger partial charge in [0.1, 0.15) is 0 Å². The van der Waals surface area contributed by atoms with E-state index in [1.54, 1.807) is 6.07 Å². The standard InChI is InChI=1S/C50H72N6O3/c1-8-37-28-40-41(49(5,6)47-45(46(40)58)39-16-15-36(31-51)27-42(39)53-47)29-43(37)56-21-17-38(18-22-56)55-25-23-54(24-26-55)20-19-44(57)52-32-50(7,9-2)34-59-33-48(3,4)30-35-13-11-10-12-14-35/h15-16,27-29,35,38,53H,8-14,17-26,30,32-34H2,1-7H3,(H,52,57). The number of aromatic amines is 1. The fraction of sp³-hybridized carbons (Fsp3) is 0.660. The maximum Gasteiger partial charge on any atom is 0.221 e. The highest BCUT2D eigenvalue weighted by atomic mass is 16.5. The summed E-state index contributed by atoms with van der Waals surface area (Å²) in [5.41, 5.74) is 7.25. The van der Waals surface area contributed by atoms with Crippen molar-refractivity contribution in [2.45, 2.75) is 131 Å². The van der Waals surface area contributed by atoms with Gasteiger partial charge in [0.25, 0.3) is 0 Å². The number of ketones is 1. The third kappa shape index (κ3) is 9.61. The van der Waals surface area contributed by atoms with Crippen LogP contribution in [0.15, 0.2) is 30.3 Å². The van der Waals surface area contributed by atoms with Gasteiger partial charge in [0.05, 0.1) is 30.4 Å². The average molecular weight is 805 g/mol. The lowest BCUT2D eigenvalue weighted by Crippen LogP contribution is -2.53. The molecule has 1 atom stereocenters. The first-order chi connectivity index (χ1) is 28.2. The smallest absolute Gasteiger partial charge is 0.221 e. The Kier molecular flexibility index (Phi) is 13.3. The topological polar surface area (TPSA) is 105 Å². The molecule has 0 spiro atoms. The average Bonchev–Trinajstić information content (AvgIpc) is 3.64. The van der Waals surface area contributed by atoms with E-state index in [9.17, 15) is 14.9 Å². The number of amides is 1. The number of carbonyl (C=O) groups excluding carboxylic acids is 2. The van der Waals surface area contributed by atoms with Gasteiger partial charge in [0.2, 0.25) is 5.91 Å². The fourth-order valence-corrected chi connectivity index (χ4v) is 10.7. The van der Waals surface area contributed by atoms with Crippen molar-refractivity contribution in [1.29, 1.82) is 5.26 Å². The summed E-state index contributed by atoms with van der Waals surface area (Å²) in [6.07, 6.45) is 12.8. The molecule has 320 valence electrons. The van der Waals surface area contributed by atoms with Crippen LogP contribution in [0.1, 0.15) is 151 Å². The number of carbonyl (C=O) groups is 2. The first-order valence-corrected chi connectivity index (χ1v) is 23.1. The highest BCUT2D eigenvalue weighted by molar-refractivity contribution is 6.20. The third-order valence-corrected chi connectivity index (χ3v) is 14.8. The molecule has 1 saturated carbocycles. The summed E-state index contributed by atoms with van der Waals surface area (Å²) < 4.78 is 6.35. The summed E-state index contributed by atoms with van der Waals surface area (Å²) in [6, 6.07) is 12.9. The minimum atomic E-state index is -0.389. The lowest BCUT2D eigenvalue weighted by Gasteiger charge is -2.44. The molecule has 0 radical (unpaired) electrons. The molecule has 1 unspecified atom stereocenters. The zero-order chi connectivity index (χ0) is 42.0. The predicted molar refractivity (Wildman–Crippen MR) is 239 cm³/mol. The molecule has 1 amide bonds. The number of piperazine rings is 1. The summed E-state index contributed by atoms with van der Waals surface area (Å²) in [7, 11) is 0. The Balaban J connectivity index is 0.861. The van der Waals surface area contributed by atoms with E-state index in [2.05, 4.69) is 91.7 Å². The number of benzene rings is 2. The van der Waals surface area contributed by atoms with Crippen LogP contribution in [-0.2, 0) is 21.4 Å². The number of fused-ring (bicyclic) bond motifs is 4. The van der Waals surface area contributed by atoms with Gasteiger partial charge in [0, 0.05) is 103 Å². The van der Waals surface area contributed by atoms with E-state index in [0.717, 1.165) is 117 Å².